The van der Waals surface area contributed by atoms with Crippen molar-refractivity contribution in [2.45, 2.75) is 32.4 Å². The van der Waals surface area contributed by atoms with Gasteiger partial charge in [0.15, 0.2) is 0 Å². The molecule has 0 unspecified atom stereocenters. The summed E-state index contributed by atoms with van der Waals surface area (Å²) in [4.78, 5) is 21.1. The average molecular weight is 358 g/mol. The molecule has 3 heterocycles. The molecule has 0 bridgehead atoms. The fraction of sp³-hybridized carbons (Fsp3) is 0.474. The molecule has 1 fully saturated rings. The zero-order chi connectivity index (χ0) is 18.9. The highest BCUT2D eigenvalue weighted by Gasteiger charge is 2.31. The van der Waals surface area contributed by atoms with Crippen molar-refractivity contribution >= 4 is 17.7 Å². The molecule has 0 aromatic carbocycles. The summed E-state index contributed by atoms with van der Waals surface area (Å²) in [6.45, 7) is 7.26. The third-order valence-corrected chi connectivity index (χ3v) is 4.23. The number of furan rings is 1. The van der Waals surface area contributed by atoms with Gasteiger partial charge in [-0.3, -0.25) is 5.32 Å². The highest BCUT2D eigenvalue weighted by molar-refractivity contribution is 5.85. The number of anilines is 2. The van der Waals surface area contributed by atoms with Crippen molar-refractivity contribution in [3.05, 3.63) is 30.7 Å². The van der Waals surface area contributed by atoms with E-state index in [4.69, 9.17) is 9.15 Å². The normalized spacial score (nSPS) is 15.1. The fourth-order valence-electron chi connectivity index (χ4n) is 2.77. The maximum Gasteiger partial charge on any atom is 0.413 e. The Balaban J connectivity index is 1.83. The van der Waals surface area contributed by atoms with Crippen LogP contribution in [0.3, 0.4) is 0 Å². The van der Waals surface area contributed by atoms with Crippen molar-refractivity contribution in [2.75, 3.05) is 37.4 Å². The molecule has 0 saturated carbocycles. The molecule has 0 aliphatic carbocycles. The van der Waals surface area contributed by atoms with E-state index in [0.29, 0.717) is 11.9 Å². The van der Waals surface area contributed by atoms with E-state index < -0.39 is 11.7 Å². The van der Waals surface area contributed by atoms with Gasteiger partial charge in [0.1, 0.15) is 17.2 Å². The van der Waals surface area contributed by atoms with Crippen molar-refractivity contribution in [1.82, 2.24) is 9.88 Å². The minimum atomic E-state index is -0.556. The lowest BCUT2D eigenvalue weighted by atomic mass is 10.0. The van der Waals surface area contributed by atoms with E-state index in [-0.39, 0.29) is 0 Å². The first-order chi connectivity index (χ1) is 12.2. The Morgan fingerprint density at radius 2 is 2.04 bits per heavy atom. The Morgan fingerprint density at radius 3 is 2.62 bits per heavy atom. The molecule has 1 aliphatic rings. The third-order valence-electron chi connectivity index (χ3n) is 4.23. The van der Waals surface area contributed by atoms with Gasteiger partial charge in [-0.25, -0.2) is 9.78 Å². The zero-order valence-electron chi connectivity index (χ0n) is 15.9. The number of ether oxygens (including phenoxy) is 1. The number of nitrogens with one attached hydrogen (secondary N) is 1. The van der Waals surface area contributed by atoms with Gasteiger partial charge in [0.25, 0.3) is 0 Å². The molecule has 3 rings (SSSR count). The number of hydrogen-bond acceptors (Lipinski definition) is 6. The third kappa shape index (κ3) is 4.16. The summed E-state index contributed by atoms with van der Waals surface area (Å²) < 4.78 is 10.5. The number of amides is 1. The van der Waals surface area contributed by atoms with Gasteiger partial charge < -0.3 is 19.0 Å². The molecule has 1 amide bonds. The summed E-state index contributed by atoms with van der Waals surface area (Å²) in [5, 5.41) is 2.72. The van der Waals surface area contributed by atoms with Crippen molar-refractivity contribution in [2.24, 2.45) is 0 Å². The minimum absolute atomic E-state index is 0.467. The zero-order valence-corrected chi connectivity index (χ0v) is 15.9. The summed E-state index contributed by atoms with van der Waals surface area (Å²) in [7, 11) is 4.15. The molecule has 26 heavy (non-hydrogen) atoms. The fourth-order valence-corrected chi connectivity index (χ4v) is 2.77. The second kappa shape index (κ2) is 6.99. The van der Waals surface area contributed by atoms with E-state index in [2.05, 4.69) is 34.2 Å². The molecule has 1 aliphatic heterocycles. The van der Waals surface area contributed by atoms with Crippen LogP contribution in [0.2, 0.25) is 0 Å². The van der Waals surface area contributed by atoms with Crippen LogP contribution >= 0.6 is 0 Å². The summed E-state index contributed by atoms with van der Waals surface area (Å²) in [5.41, 5.74) is 1.38. The Hall–Kier alpha value is -2.54. The lowest BCUT2D eigenvalue weighted by Crippen LogP contribution is -2.57. The van der Waals surface area contributed by atoms with Gasteiger partial charge in [-0.15, -0.1) is 0 Å². The standard InChI is InChI=1S/C19H26N4O3/c1-19(2,3)26-18(24)21-16-7-6-15(13-8-9-25-12-13)17(20-16)23-10-14(11-23)22(4)5/h6-9,12,14H,10-11H2,1-5H3,(H,20,21,24). The number of rotatable bonds is 4. The maximum atomic E-state index is 12.0. The summed E-state index contributed by atoms with van der Waals surface area (Å²) >= 11 is 0. The minimum Gasteiger partial charge on any atom is -0.472 e. The van der Waals surface area contributed by atoms with Crippen LogP contribution in [0.4, 0.5) is 16.4 Å². The lowest BCUT2D eigenvalue weighted by molar-refractivity contribution is 0.0635. The van der Waals surface area contributed by atoms with E-state index in [0.717, 1.165) is 30.0 Å². The van der Waals surface area contributed by atoms with Gasteiger partial charge in [-0.05, 0) is 53.1 Å². The number of carbonyl (C=O) groups is 1. The first-order valence-corrected chi connectivity index (χ1v) is 8.68. The molecule has 7 heteroatoms. The van der Waals surface area contributed by atoms with Crippen LogP contribution in [0.15, 0.2) is 35.1 Å². The number of likely N-dealkylation sites (N-methyl/N-ethyl adjacent to an activating group) is 1. The molecule has 0 spiro atoms. The van der Waals surface area contributed by atoms with Crippen molar-refractivity contribution < 1.29 is 13.9 Å². The highest BCUT2D eigenvalue weighted by Crippen LogP contribution is 2.34. The van der Waals surface area contributed by atoms with E-state index in [1.54, 1.807) is 18.6 Å². The van der Waals surface area contributed by atoms with Crippen LogP contribution in [0.25, 0.3) is 11.1 Å². The molecule has 7 nitrogen and oxygen atoms in total. The van der Waals surface area contributed by atoms with Crippen LogP contribution in [0, 0.1) is 0 Å². The molecule has 2 aromatic rings. The summed E-state index contributed by atoms with van der Waals surface area (Å²) in [5.74, 6) is 1.30. The largest absolute Gasteiger partial charge is 0.472 e. The van der Waals surface area contributed by atoms with Gasteiger partial charge in [-0.1, -0.05) is 0 Å². The molecule has 0 atom stereocenters. The highest BCUT2D eigenvalue weighted by atomic mass is 16.6. The van der Waals surface area contributed by atoms with Crippen LogP contribution in [0.1, 0.15) is 20.8 Å². The van der Waals surface area contributed by atoms with E-state index in [1.165, 1.54) is 0 Å². The van der Waals surface area contributed by atoms with Gasteiger partial charge in [0.05, 0.1) is 12.5 Å². The number of carbonyl (C=O) groups excluding carboxylic acids is 1. The van der Waals surface area contributed by atoms with E-state index in [9.17, 15) is 4.79 Å². The van der Waals surface area contributed by atoms with Crippen LogP contribution in [-0.2, 0) is 4.74 Å². The molecule has 2 aromatic heterocycles. The molecular weight excluding hydrogens is 332 g/mol. The van der Waals surface area contributed by atoms with Crippen molar-refractivity contribution in [3.63, 3.8) is 0 Å². The van der Waals surface area contributed by atoms with Crippen LogP contribution in [0.5, 0.6) is 0 Å². The SMILES string of the molecule is CN(C)C1CN(c2nc(NC(=O)OC(C)(C)C)ccc2-c2ccoc2)C1. The molecule has 0 radical (unpaired) electrons. The molecular formula is C19H26N4O3. The second-order valence-electron chi connectivity index (χ2n) is 7.73. The van der Waals surface area contributed by atoms with Crippen molar-refractivity contribution in [1.29, 1.82) is 0 Å². The number of aromatic nitrogens is 1. The van der Waals surface area contributed by atoms with E-state index >= 15 is 0 Å². The summed E-state index contributed by atoms with van der Waals surface area (Å²) in [6.07, 6.45) is 2.83. The molecule has 1 N–H and O–H groups in total. The number of pyridine rings is 1. The monoisotopic (exact) mass is 358 g/mol. The lowest BCUT2D eigenvalue weighted by Gasteiger charge is -2.44. The van der Waals surface area contributed by atoms with E-state index in [1.807, 2.05) is 32.9 Å². The predicted molar refractivity (Wildman–Crippen MR) is 101 cm³/mol. The first-order valence-electron chi connectivity index (χ1n) is 8.68. The number of nitrogens with zero attached hydrogens (tertiary/aromatic N) is 3. The predicted octanol–water partition coefficient (Wildman–Crippen LogP) is 3.44. The van der Waals surface area contributed by atoms with Gasteiger partial charge in [-0.2, -0.15) is 0 Å². The molecule has 1 saturated heterocycles. The topological polar surface area (TPSA) is 70.8 Å². The first kappa shape index (κ1) is 18.3. The second-order valence-corrected chi connectivity index (χ2v) is 7.73. The van der Waals surface area contributed by atoms with Crippen LogP contribution in [-0.4, -0.2) is 54.8 Å². The Labute approximate surface area is 153 Å². The van der Waals surface area contributed by atoms with Gasteiger partial charge in [0, 0.05) is 30.3 Å². The van der Waals surface area contributed by atoms with Crippen molar-refractivity contribution in [3.8, 4) is 11.1 Å². The van der Waals surface area contributed by atoms with Gasteiger partial charge in [0.2, 0.25) is 0 Å². The number of hydrogen-bond donors (Lipinski definition) is 1. The summed E-state index contributed by atoms with van der Waals surface area (Å²) in [6, 6.07) is 6.13. The van der Waals surface area contributed by atoms with Gasteiger partial charge >= 0.3 is 6.09 Å². The van der Waals surface area contributed by atoms with Crippen LogP contribution < -0.4 is 10.2 Å². The average Bonchev–Trinajstić information content (AvgIpc) is 2.97. The quantitative estimate of drug-likeness (QED) is 0.903. The maximum absolute atomic E-state index is 12.0. The Kier molecular flexibility index (Phi) is 4.91. The Morgan fingerprint density at radius 1 is 1.31 bits per heavy atom. The Bertz CT molecular complexity index is 760. The molecule has 140 valence electrons. The smallest absolute Gasteiger partial charge is 0.413 e.